The van der Waals surface area contributed by atoms with Gasteiger partial charge in [-0.1, -0.05) is 25.7 Å². The summed E-state index contributed by atoms with van der Waals surface area (Å²) in [6, 6.07) is -2.43. The largest absolute Gasteiger partial charge is 0.481 e. The molecule has 496 valence electrons. The van der Waals surface area contributed by atoms with Gasteiger partial charge in [0.25, 0.3) is 12.4 Å². The van der Waals surface area contributed by atoms with Crippen molar-refractivity contribution in [1.29, 1.82) is 0 Å². The topological polar surface area (TPSA) is 378 Å². The number of aliphatic carboxylic acids is 2. The van der Waals surface area contributed by atoms with Crippen LogP contribution >= 0.6 is 0 Å². The minimum atomic E-state index is -2.04. The van der Waals surface area contributed by atoms with E-state index < -0.39 is 89.2 Å². The molecule has 0 saturated carbocycles. The number of hydrogen-bond donors (Lipinski definition) is 7. The monoisotopic (exact) mass is 1260 g/mol. The molecule has 4 amide bonds. The summed E-state index contributed by atoms with van der Waals surface area (Å²) in [7, 11) is 0. The van der Waals surface area contributed by atoms with Crippen molar-refractivity contribution >= 4 is 59.4 Å². The predicted octanol–water partition coefficient (Wildman–Crippen LogP) is 3.75. The van der Waals surface area contributed by atoms with Crippen molar-refractivity contribution < 1.29 is 123 Å². The lowest BCUT2D eigenvalue weighted by Crippen LogP contribution is -2.49. The number of amides is 4. The lowest BCUT2D eigenvalue weighted by molar-refractivity contribution is -0.141. The zero-order valence-corrected chi connectivity index (χ0v) is 49.3. The first-order chi connectivity index (χ1) is 41.9. The van der Waals surface area contributed by atoms with Crippen LogP contribution in [0.15, 0.2) is 0 Å². The fraction of sp³-hybridized carbons (Fsp3) is 0.714. The number of carbonyl (C=O) groups excluding carboxylic acids is 8. The van der Waals surface area contributed by atoms with E-state index in [9.17, 15) is 70.6 Å². The number of nitrogens with one attached hydrogen (secondary N) is 4. The molecule has 0 radical (unpaired) electrons. The summed E-state index contributed by atoms with van der Waals surface area (Å²) >= 11 is 0. The van der Waals surface area contributed by atoms with E-state index in [1.165, 1.54) is 0 Å². The van der Waals surface area contributed by atoms with Crippen molar-refractivity contribution in [3.63, 3.8) is 0 Å². The highest BCUT2D eigenvalue weighted by Gasteiger charge is 2.32. The second kappa shape index (κ2) is 51.8. The standard InChI is InChI=1S/C56H87F4N5O22/c57-50-48(51(58)53(60)49(52(50)59)54(74)63-21-27-83-33-28-78-22-7-11-41(68)19-25-81-31-35-85-37-36-84-34-30-79-23-8-12-42(69)38-87-61)44(70)13-9-24-80-29-32-82-26-20-62-45(71)14-6-4-2-1-3-5-10-40(67)15-16-43(55(75)76)64-56(77)65-46(86-39-66)17-18-47(72)73/h39,43,46H,1-38,61H2,(H,62,71)(H,63,74)(H,72,73)(H,75,76)(H2,64,65,77)/t43-,46+/m0/s1. The molecule has 0 heterocycles. The third-order valence-electron chi connectivity index (χ3n) is 12.2. The van der Waals surface area contributed by atoms with Gasteiger partial charge in [-0.15, -0.1) is 0 Å². The van der Waals surface area contributed by atoms with Gasteiger partial charge in [-0.3, -0.25) is 43.2 Å². The highest BCUT2D eigenvalue weighted by Crippen LogP contribution is 2.26. The maximum atomic E-state index is 14.9. The summed E-state index contributed by atoms with van der Waals surface area (Å²) in [6.07, 6.45) is 3.91. The van der Waals surface area contributed by atoms with Crippen molar-refractivity contribution in [3.05, 3.63) is 34.4 Å². The number of carboxylic acids is 2. The molecular weight excluding hydrogens is 1170 g/mol. The first-order valence-corrected chi connectivity index (χ1v) is 29.0. The molecule has 1 aromatic rings. The fourth-order valence-electron chi connectivity index (χ4n) is 7.68. The molecule has 0 aromatic heterocycles. The van der Waals surface area contributed by atoms with Crippen LogP contribution in [0.4, 0.5) is 22.4 Å². The quantitative estimate of drug-likeness (QED) is 0.00928. The summed E-state index contributed by atoms with van der Waals surface area (Å²) in [5.41, 5.74) is -3.00. The Hall–Kier alpha value is -6.16. The molecule has 1 aromatic carbocycles. The van der Waals surface area contributed by atoms with Crippen LogP contribution in [0.1, 0.15) is 143 Å². The molecule has 0 unspecified atom stereocenters. The Morgan fingerprint density at radius 2 is 0.885 bits per heavy atom. The van der Waals surface area contributed by atoms with Gasteiger partial charge < -0.3 is 74.1 Å². The number of carboxylic acid groups (broad SMARTS) is 2. The molecule has 1 rings (SSSR count). The maximum Gasteiger partial charge on any atom is 0.326 e. The molecule has 87 heavy (non-hydrogen) atoms. The van der Waals surface area contributed by atoms with E-state index in [0.717, 1.165) is 25.7 Å². The lowest BCUT2D eigenvalue weighted by atomic mass is 10.0. The summed E-state index contributed by atoms with van der Waals surface area (Å²) in [4.78, 5) is 122. The van der Waals surface area contributed by atoms with Crippen LogP contribution in [0.3, 0.4) is 0 Å². The number of nitrogens with two attached hydrogens (primary N) is 1. The number of carbonyl (C=O) groups is 10. The molecule has 0 aliphatic rings. The average molecular weight is 1260 g/mol. The zero-order valence-electron chi connectivity index (χ0n) is 49.3. The van der Waals surface area contributed by atoms with Crippen LogP contribution in [-0.4, -0.2) is 207 Å². The Balaban J connectivity index is 2.09. The summed E-state index contributed by atoms with van der Waals surface area (Å²) < 4.78 is 107. The molecule has 0 saturated heterocycles. The second-order valence-corrected chi connectivity index (χ2v) is 19.2. The van der Waals surface area contributed by atoms with E-state index in [0.29, 0.717) is 84.8 Å². The third kappa shape index (κ3) is 40.8. The number of benzene rings is 1. The van der Waals surface area contributed by atoms with Crippen LogP contribution < -0.4 is 27.2 Å². The number of Topliss-reactive ketones (excluding diaryl/α,β-unsaturated/α-hetero) is 4. The molecule has 0 aliphatic heterocycles. The molecule has 0 spiro atoms. The summed E-state index contributed by atoms with van der Waals surface area (Å²) in [5, 5.41) is 27.4. The highest BCUT2D eigenvalue weighted by atomic mass is 19.2. The van der Waals surface area contributed by atoms with Crippen molar-refractivity contribution in [2.45, 2.75) is 134 Å². The van der Waals surface area contributed by atoms with Gasteiger partial charge in [0.1, 0.15) is 29.8 Å². The lowest BCUT2D eigenvalue weighted by Gasteiger charge is -2.19. The summed E-state index contributed by atoms with van der Waals surface area (Å²) in [5.74, 6) is -9.01. The van der Waals surface area contributed by atoms with E-state index >= 15 is 0 Å². The van der Waals surface area contributed by atoms with Gasteiger partial charge in [0, 0.05) is 84.3 Å². The average Bonchev–Trinajstić information content (AvgIpc) is 1.38. The molecule has 8 N–H and O–H groups in total. The Kier molecular flexibility index (Phi) is 47.0. The molecule has 2 atom stereocenters. The Morgan fingerprint density at radius 3 is 1.40 bits per heavy atom. The maximum absolute atomic E-state index is 14.9. The number of unbranched alkanes of at least 4 members (excludes halogenated alkanes) is 5. The van der Waals surface area contributed by atoms with Gasteiger partial charge in [0.2, 0.25) is 5.91 Å². The fourth-order valence-corrected chi connectivity index (χ4v) is 7.68. The first-order valence-electron chi connectivity index (χ1n) is 29.0. The van der Waals surface area contributed by atoms with Gasteiger partial charge in [0.15, 0.2) is 41.1 Å². The zero-order chi connectivity index (χ0) is 64.3. The number of halogens is 4. The number of hydrogen-bond acceptors (Lipinski definition) is 21. The Labute approximate surface area is 502 Å². The third-order valence-corrected chi connectivity index (χ3v) is 12.2. The minimum Gasteiger partial charge on any atom is -0.481 e. The van der Waals surface area contributed by atoms with E-state index in [-0.39, 0.29) is 154 Å². The number of ketones is 4. The van der Waals surface area contributed by atoms with Gasteiger partial charge in [-0.25, -0.2) is 33.0 Å². The SMILES string of the molecule is NOCC(=O)CCCOCCOCCOCCOCCC(=O)CCCOCCOCCNC(=O)c1c(F)c(F)c(C(=O)CCCOCCOCCNC(=O)CCCCCCCCC(=O)CC[C@H](NC(=O)N[C@@H](CCC(=O)O)OC=O)C(=O)O)c(F)c1F. The van der Waals surface area contributed by atoms with Crippen molar-refractivity contribution in [2.75, 3.05) is 125 Å². The van der Waals surface area contributed by atoms with Crippen LogP contribution in [0, 0.1) is 23.3 Å². The van der Waals surface area contributed by atoms with Gasteiger partial charge in [-0.2, -0.15) is 0 Å². The number of ether oxygens (including phenoxy) is 9. The van der Waals surface area contributed by atoms with Gasteiger partial charge in [0.05, 0.1) is 97.9 Å². The molecule has 0 fully saturated rings. The van der Waals surface area contributed by atoms with Crippen LogP contribution in [-0.2, 0) is 81.0 Å². The normalized spacial score (nSPS) is 11.8. The van der Waals surface area contributed by atoms with Gasteiger partial charge in [-0.05, 0) is 38.5 Å². The number of urea groups is 1. The molecule has 0 bridgehead atoms. The molecule has 27 nitrogen and oxygen atoms in total. The van der Waals surface area contributed by atoms with Gasteiger partial charge >= 0.3 is 18.0 Å². The Morgan fingerprint density at radius 1 is 0.448 bits per heavy atom. The number of rotatable bonds is 60. The van der Waals surface area contributed by atoms with Crippen LogP contribution in [0.25, 0.3) is 0 Å². The van der Waals surface area contributed by atoms with E-state index in [4.69, 9.17) is 48.9 Å². The molecule has 0 aliphatic carbocycles. The Bertz CT molecular complexity index is 2170. The molecule has 31 heteroatoms. The summed E-state index contributed by atoms with van der Waals surface area (Å²) in [6.45, 7) is 3.30. The van der Waals surface area contributed by atoms with E-state index in [1.54, 1.807) is 0 Å². The van der Waals surface area contributed by atoms with E-state index in [1.807, 2.05) is 0 Å². The van der Waals surface area contributed by atoms with Crippen molar-refractivity contribution in [3.8, 4) is 0 Å². The van der Waals surface area contributed by atoms with Crippen LogP contribution in [0.5, 0.6) is 0 Å². The smallest absolute Gasteiger partial charge is 0.326 e. The highest BCUT2D eigenvalue weighted by molar-refractivity contribution is 6.00. The van der Waals surface area contributed by atoms with Crippen molar-refractivity contribution in [1.82, 2.24) is 21.3 Å². The second-order valence-electron chi connectivity index (χ2n) is 19.2. The van der Waals surface area contributed by atoms with Crippen molar-refractivity contribution in [2.24, 2.45) is 5.90 Å². The van der Waals surface area contributed by atoms with Crippen LogP contribution in [0.2, 0.25) is 0 Å². The van der Waals surface area contributed by atoms with E-state index in [2.05, 4.69) is 30.8 Å². The first kappa shape index (κ1) is 78.9. The predicted molar refractivity (Wildman–Crippen MR) is 297 cm³/mol. The minimum absolute atomic E-state index is 0.00498. The molecular formula is C56H87F4N5O22.